The van der Waals surface area contributed by atoms with Crippen LogP contribution in [0.25, 0.3) is 11.0 Å². The van der Waals surface area contributed by atoms with Crippen LogP contribution >= 0.6 is 0 Å². The van der Waals surface area contributed by atoms with Gasteiger partial charge in [0.2, 0.25) is 0 Å². The van der Waals surface area contributed by atoms with E-state index in [1.54, 1.807) is 24.3 Å². The molecule has 5 rings (SSSR count). The molecule has 2 heterocycles. The summed E-state index contributed by atoms with van der Waals surface area (Å²) in [6, 6.07) is 25.9. The van der Waals surface area contributed by atoms with Crippen molar-refractivity contribution in [3.63, 3.8) is 0 Å². The van der Waals surface area contributed by atoms with Gasteiger partial charge >= 0.3 is 0 Å². The fraction of sp³-hybridized carbons (Fsp3) is 0.250. The molecule has 1 aliphatic rings. The van der Waals surface area contributed by atoms with E-state index in [-0.39, 0.29) is 5.91 Å². The Morgan fingerprint density at radius 2 is 1.71 bits per heavy atom. The van der Waals surface area contributed by atoms with Crippen molar-refractivity contribution in [1.82, 2.24) is 19.4 Å². The number of para-hydroxylation sites is 2. The minimum Gasteiger partial charge on any atom is -0.336 e. The Morgan fingerprint density at radius 3 is 2.44 bits per heavy atom. The van der Waals surface area contributed by atoms with Crippen LogP contribution in [-0.2, 0) is 13.1 Å². The van der Waals surface area contributed by atoms with E-state index in [0.29, 0.717) is 24.2 Å². The predicted molar refractivity (Wildman–Crippen MR) is 132 cm³/mol. The Labute approximate surface area is 199 Å². The first kappa shape index (κ1) is 21.9. The smallest absolute Gasteiger partial charge is 0.253 e. The molecule has 4 aromatic rings. The number of fused-ring (bicyclic) bond motifs is 1. The van der Waals surface area contributed by atoms with Crippen LogP contribution in [0.5, 0.6) is 0 Å². The average Bonchev–Trinajstić information content (AvgIpc) is 3.21. The van der Waals surface area contributed by atoms with E-state index in [0.717, 1.165) is 43.0 Å². The minimum absolute atomic E-state index is 0.0239. The first-order valence-corrected chi connectivity index (χ1v) is 11.6. The van der Waals surface area contributed by atoms with Gasteiger partial charge in [-0.2, -0.15) is 5.26 Å². The lowest BCUT2D eigenvalue weighted by Crippen LogP contribution is -2.48. The second kappa shape index (κ2) is 9.50. The third-order valence-corrected chi connectivity index (χ3v) is 6.44. The number of aryl methyl sites for hydroxylation is 1. The third kappa shape index (κ3) is 4.57. The van der Waals surface area contributed by atoms with Crippen LogP contribution in [-0.4, -0.2) is 51.4 Å². The largest absolute Gasteiger partial charge is 0.336 e. The number of aromatic nitrogens is 2. The van der Waals surface area contributed by atoms with Crippen LogP contribution in [0.1, 0.15) is 32.9 Å². The maximum absolute atomic E-state index is 12.9. The molecule has 1 aliphatic heterocycles. The van der Waals surface area contributed by atoms with E-state index in [4.69, 9.17) is 10.2 Å². The monoisotopic (exact) mass is 449 g/mol. The molecule has 34 heavy (non-hydrogen) atoms. The van der Waals surface area contributed by atoms with Gasteiger partial charge in [-0.05, 0) is 48.9 Å². The van der Waals surface area contributed by atoms with Crippen molar-refractivity contribution >= 4 is 16.9 Å². The Morgan fingerprint density at radius 1 is 0.941 bits per heavy atom. The Balaban J connectivity index is 1.29. The number of carbonyl (C=O) groups excluding carboxylic acids is 1. The molecule has 0 spiro atoms. The minimum atomic E-state index is 0.0239. The first-order chi connectivity index (χ1) is 16.6. The fourth-order valence-corrected chi connectivity index (χ4v) is 4.59. The summed E-state index contributed by atoms with van der Waals surface area (Å²) in [7, 11) is 0. The topological polar surface area (TPSA) is 65.2 Å². The zero-order chi connectivity index (χ0) is 23.5. The van der Waals surface area contributed by atoms with Gasteiger partial charge in [-0.3, -0.25) is 9.69 Å². The van der Waals surface area contributed by atoms with Gasteiger partial charge in [-0.1, -0.05) is 42.0 Å². The van der Waals surface area contributed by atoms with Crippen LogP contribution < -0.4 is 0 Å². The van der Waals surface area contributed by atoms with E-state index in [1.165, 1.54) is 11.1 Å². The molecule has 6 nitrogen and oxygen atoms in total. The first-order valence-electron chi connectivity index (χ1n) is 11.6. The van der Waals surface area contributed by atoms with Crippen molar-refractivity contribution in [3.05, 3.63) is 101 Å². The van der Waals surface area contributed by atoms with Gasteiger partial charge < -0.3 is 9.47 Å². The molecule has 1 fully saturated rings. The van der Waals surface area contributed by atoms with Gasteiger partial charge in [0, 0.05) is 38.3 Å². The number of amides is 1. The summed E-state index contributed by atoms with van der Waals surface area (Å²) in [6.45, 7) is 6.61. The summed E-state index contributed by atoms with van der Waals surface area (Å²) in [5.41, 5.74) is 5.88. The molecule has 0 unspecified atom stereocenters. The molecule has 0 saturated carbocycles. The number of nitriles is 1. The molecule has 3 aromatic carbocycles. The van der Waals surface area contributed by atoms with Gasteiger partial charge in [0.25, 0.3) is 5.91 Å². The molecule has 6 heteroatoms. The Kier molecular flexibility index (Phi) is 6.11. The normalized spacial score (nSPS) is 14.3. The molecule has 1 saturated heterocycles. The van der Waals surface area contributed by atoms with Gasteiger partial charge in [-0.25, -0.2) is 4.98 Å². The second-order valence-electron chi connectivity index (χ2n) is 8.85. The molecule has 0 N–H and O–H groups in total. The maximum Gasteiger partial charge on any atom is 0.253 e. The van der Waals surface area contributed by atoms with E-state index >= 15 is 0 Å². The zero-order valence-electron chi connectivity index (χ0n) is 19.3. The van der Waals surface area contributed by atoms with E-state index in [2.05, 4.69) is 64.9 Å². The van der Waals surface area contributed by atoms with Crippen molar-refractivity contribution in [1.29, 1.82) is 5.26 Å². The standard InChI is InChI=1S/C28H27N5O/c1-21-5-4-6-23(17-21)19-33-26-8-3-2-7-25(26)30-27(33)20-31-13-15-32(16-14-31)28(34)24-11-9-22(18-29)10-12-24/h2-12,17H,13-16,19-20H2,1H3. The highest BCUT2D eigenvalue weighted by Crippen LogP contribution is 2.20. The van der Waals surface area contributed by atoms with Crippen molar-refractivity contribution in [2.75, 3.05) is 26.2 Å². The zero-order valence-corrected chi connectivity index (χ0v) is 19.3. The van der Waals surface area contributed by atoms with Gasteiger partial charge in [0.15, 0.2) is 0 Å². The quantitative estimate of drug-likeness (QED) is 0.458. The highest BCUT2D eigenvalue weighted by atomic mass is 16.2. The summed E-state index contributed by atoms with van der Waals surface area (Å²) < 4.78 is 2.32. The van der Waals surface area contributed by atoms with Crippen LogP contribution in [0.4, 0.5) is 0 Å². The number of imidazole rings is 1. The Bertz CT molecular complexity index is 1360. The van der Waals surface area contributed by atoms with Crippen molar-refractivity contribution in [3.8, 4) is 6.07 Å². The molecular formula is C28H27N5O. The lowest BCUT2D eigenvalue weighted by atomic mass is 10.1. The number of piperazine rings is 1. The summed E-state index contributed by atoms with van der Waals surface area (Å²) in [5, 5.41) is 8.97. The number of benzene rings is 3. The molecule has 1 amide bonds. The Hall–Kier alpha value is -3.95. The maximum atomic E-state index is 12.9. The highest BCUT2D eigenvalue weighted by Gasteiger charge is 2.23. The molecule has 1 aromatic heterocycles. The van der Waals surface area contributed by atoms with Crippen LogP contribution in [0, 0.1) is 18.3 Å². The molecule has 0 aliphatic carbocycles. The molecular weight excluding hydrogens is 422 g/mol. The number of carbonyl (C=O) groups is 1. The fourth-order valence-electron chi connectivity index (χ4n) is 4.59. The number of nitrogens with zero attached hydrogens (tertiary/aromatic N) is 5. The number of rotatable bonds is 5. The summed E-state index contributed by atoms with van der Waals surface area (Å²) in [6.07, 6.45) is 0. The predicted octanol–water partition coefficient (Wildman–Crippen LogP) is 4.22. The number of hydrogen-bond donors (Lipinski definition) is 0. The lowest BCUT2D eigenvalue weighted by Gasteiger charge is -2.34. The highest BCUT2D eigenvalue weighted by molar-refractivity contribution is 5.94. The SMILES string of the molecule is Cc1cccc(Cn2c(CN3CCN(C(=O)c4ccc(C#N)cc4)CC3)nc3ccccc32)c1. The van der Waals surface area contributed by atoms with Crippen LogP contribution in [0.3, 0.4) is 0 Å². The van der Waals surface area contributed by atoms with Crippen molar-refractivity contribution < 1.29 is 4.79 Å². The van der Waals surface area contributed by atoms with E-state index in [1.807, 2.05) is 11.0 Å². The van der Waals surface area contributed by atoms with E-state index < -0.39 is 0 Å². The third-order valence-electron chi connectivity index (χ3n) is 6.44. The molecule has 170 valence electrons. The van der Waals surface area contributed by atoms with Crippen LogP contribution in [0.2, 0.25) is 0 Å². The van der Waals surface area contributed by atoms with Gasteiger partial charge in [0.1, 0.15) is 5.82 Å². The van der Waals surface area contributed by atoms with E-state index in [9.17, 15) is 4.79 Å². The second-order valence-corrected chi connectivity index (χ2v) is 8.85. The summed E-state index contributed by atoms with van der Waals surface area (Å²) >= 11 is 0. The number of hydrogen-bond acceptors (Lipinski definition) is 4. The van der Waals surface area contributed by atoms with Crippen molar-refractivity contribution in [2.24, 2.45) is 0 Å². The lowest BCUT2D eigenvalue weighted by molar-refractivity contribution is 0.0624. The molecule has 0 bridgehead atoms. The average molecular weight is 450 g/mol. The molecule has 0 radical (unpaired) electrons. The van der Waals surface area contributed by atoms with Gasteiger partial charge in [-0.15, -0.1) is 0 Å². The van der Waals surface area contributed by atoms with Crippen molar-refractivity contribution in [2.45, 2.75) is 20.0 Å². The van der Waals surface area contributed by atoms with Crippen LogP contribution in [0.15, 0.2) is 72.8 Å². The summed E-state index contributed by atoms with van der Waals surface area (Å²) in [5.74, 6) is 1.07. The van der Waals surface area contributed by atoms with Gasteiger partial charge in [0.05, 0.1) is 29.2 Å². The molecule has 0 atom stereocenters. The summed E-state index contributed by atoms with van der Waals surface area (Å²) in [4.78, 5) is 22.1.